The molecule has 1 aromatic rings. The summed E-state index contributed by atoms with van der Waals surface area (Å²) in [5.74, 6) is 0.370. The molecule has 2 heterocycles. The topological polar surface area (TPSA) is 57.7 Å². The van der Waals surface area contributed by atoms with E-state index in [0.717, 1.165) is 12.1 Å². The summed E-state index contributed by atoms with van der Waals surface area (Å²) in [6.07, 6.45) is 2.85. The van der Waals surface area contributed by atoms with Crippen LogP contribution in [0, 0.1) is 5.41 Å². The minimum absolute atomic E-state index is 0.148. The van der Waals surface area contributed by atoms with Crippen LogP contribution in [-0.4, -0.2) is 44.0 Å². The zero-order valence-electron chi connectivity index (χ0n) is 13.6. The van der Waals surface area contributed by atoms with E-state index in [9.17, 15) is 13.2 Å². The number of piperidine rings is 1. The lowest BCUT2D eigenvalue weighted by Crippen LogP contribution is -2.65. The van der Waals surface area contributed by atoms with Crippen molar-refractivity contribution < 1.29 is 13.2 Å². The first kappa shape index (κ1) is 16.5. The zero-order chi connectivity index (χ0) is 16.5. The monoisotopic (exact) mass is 336 g/mol. The van der Waals surface area contributed by atoms with Crippen LogP contribution in [0.15, 0.2) is 30.3 Å². The minimum atomic E-state index is -3.15. The molecule has 0 unspecified atom stereocenters. The second kappa shape index (κ2) is 6.24. The highest BCUT2D eigenvalue weighted by atomic mass is 32.2. The number of β-lactam (4-membered cyclic amide) rings is 1. The molecule has 0 N–H and O–H groups in total. The normalized spacial score (nSPS) is 21.4. The van der Waals surface area contributed by atoms with Gasteiger partial charge in [0.15, 0.2) is 0 Å². The summed E-state index contributed by atoms with van der Waals surface area (Å²) in [7, 11) is -3.15. The van der Waals surface area contributed by atoms with Gasteiger partial charge in [0.05, 0.1) is 11.2 Å². The number of carbonyl (C=O) groups is 1. The van der Waals surface area contributed by atoms with Crippen LogP contribution in [0.4, 0.5) is 5.69 Å². The van der Waals surface area contributed by atoms with Crippen LogP contribution in [0.3, 0.4) is 0 Å². The van der Waals surface area contributed by atoms with Crippen molar-refractivity contribution in [3.05, 3.63) is 30.3 Å². The number of anilines is 1. The lowest BCUT2D eigenvalue weighted by molar-refractivity contribution is -0.137. The molecule has 0 bridgehead atoms. The Hall–Kier alpha value is -1.40. The number of sulfonamides is 1. The molecule has 2 aliphatic rings. The fourth-order valence-corrected chi connectivity index (χ4v) is 5.12. The Labute approximate surface area is 138 Å². The number of unbranched alkanes of at least 4 members (excludes halogenated alkanes) is 1. The smallest absolute Gasteiger partial charge is 0.235 e. The molecule has 0 atom stereocenters. The van der Waals surface area contributed by atoms with Gasteiger partial charge in [-0.2, -0.15) is 0 Å². The Kier molecular flexibility index (Phi) is 4.47. The molecule has 1 amide bonds. The summed E-state index contributed by atoms with van der Waals surface area (Å²) < 4.78 is 26.1. The fourth-order valence-electron chi connectivity index (χ4n) is 3.47. The number of carbonyl (C=O) groups excluding carboxylic acids is 1. The Morgan fingerprint density at radius 1 is 1.13 bits per heavy atom. The predicted molar refractivity (Wildman–Crippen MR) is 90.7 cm³/mol. The van der Waals surface area contributed by atoms with Crippen LogP contribution in [0.5, 0.6) is 0 Å². The van der Waals surface area contributed by atoms with E-state index in [2.05, 4.69) is 0 Å². The van der Waals surface area contributed by atoms with Gasteiger partial charge in [0, 0.05) is 25.3 Å². The van der Waals surface area contributed by atoms with Crippen LogP contribution in [0.25, 0.3) is 0 Å². The number of hydrogen-bond donors (Lipinski definition) is 0. The molecule has 3 rings (SSSR count). The van der Waals surface area contributed by atoms with Crippen molar-refractivity contribution in [1.29, 1.82) is 0 Å². The standard InChI is InChI=1S/C17H24N2O3S/c1-2-3-13-23(21,22)18-11-9-17(10-12-18)14-19(16(17)20)15-7-5-4-6-8-15/h4-8H,2-3,9-14H2,1H3. The molecule has 0 radical (unpaired) electrons. The number of amides is 1. The second-order valence-electron chi connectivity index (χ2n) is 6.58. The molecule has 0 aliphatic carbocycles. The second-order valence-corrected chi connectivity index (χ2v) is 8.66. The van der Waals surface area contributed by atoms with Gasteiger partial charge in [-0.25, -0.2) is 12.7 Å². The van der Waals surface area contributed by atoms with Gasteiger partial charge in [-0.05, 0) is 31.4 Å². The highest BCUT2D eigenvalue weighted by Gasteiger charge is 2.54. The third kappa shape index (κ3) is 3.02. The molecule has 0 saturated carbocycles. The molecule has 6 heteroatoms. The number of nitrogens with zero attached hydrogens (tertiary/aromatic N) is 2. The van der Waals surface area contributed by atoms with Gasteiger partial charge in [-0.15, -0.1) is 0 Å². The summed E-state index contributed by atoms with van der Waals surface area (Å²) in [5, 5.41) is 0. The van der Waals surface area contributed by atoms with Crippen LogP contribution >= 0.6 is 0 Å². The molecular weight excluding hydrogens is 312 g/mol. The maximum Gasteiger partial charge on any atom is 0.235 e. The summed E-state index contributed by atoms with van der Waals surface area (Å²) in [5.41, 5.74) is 0.591. The third-order valence-corrected chi connectivity index (χ3v) is 7.01. The van der Waals surface area contributed by atoms with Crippen LogP contribution in [0.2, 0.25) is 0 Å². The first-order valence-electron chi connectivity index (χ1n) is 8.33. The average Bonchev–Trinajstić information content (AvgIpc) is 2.59. The highest BCUT2D eigenvalue weighted by Crippen LogP contribution is 2.44. The van der Waals surface area contributed by atoms with Gasteiger partial charge in [0.2, 0.25) is 15.9 Å². The first-order valence-corrected chi connectivity index (χ1v) is 9.94. The third-order valence-electron chi connectivity index (χ3n) is 5.06. The predicted octanol–water partition coefficient (Wildman–Crippen LogP) is 2.25. The van der Waals surface area contributed by atoms with Crippen molar-refractivity contribution in [3.63, 3.8) is 0 Å². The largest absolute Gasteiger partial charge is 0.311 e. The van der Waals surface area contributed by atoms with Gasteiger partial charge in [0.1, 0.15) is 0 Å². The van der Waals surface area contributed by atoms with Gasteiger partial charge in [-0.3, -0.25) is 4.79 Å². The number of rotatable bonds is 5. The minimum Gasteiger partial charge on any atom is -0.311 e. The van der Waals surface area contributed by atoms with E-state index in [4.69, 9.17) is 0 Å². The Balaban J connectivity index is 1.61. The van der Waals surface area contributed by atoms with E-state index in [-0.39, 0.29) is 17.1 Å². The first-order chi connectivity index (χ1) is 11.0. The average molecular weight is 336 g/mol. The van der Waals surface area contributed by atoms with Crippen LogP contribution < -0.4 is 4.90 Å². The quantitative estimate of drug-likeness (QED) is 0.775. The maximum atomic E-state index is 12.6. The number of hydrogen-bond acceptors (Lipinski definition) is 3. The lowest BCUT2D eigenvalue weighted by atomic mass is 9.71. The van der Waals surface area contributed by atoms with Gasteiger partial charge in [0.25, 0.3) is 0 Å². The van der Waals surface area contributed by atoms with Crippen LogP contribution in [-0.2, 0) is 14.8 Å². The Bertz CT molecular complexity index is 664. The molecule has 1 spiro atoms. The molecular formula is C17H24N2O3S. The molecule has 126 valence electrons. The van der Waals surface area contributed by atoms with Gasteiger partial charge >= 0.3 is 0 Å². The van der Waals surface area contributed by atoms with E-state index in [1.165, 1.54) is 0 Å². The molecule has 1 aromatic carbocycles. The molecule has 23 heavy (non-hydrogen) atoms. The van der Waals surface area contributed by atoms with Crippen molar-refractivity contribution in [2.24, 2.45) is 5.41 Å². The van der Waals surface area contributed by atoms with Crippen molar-refractivity contribution in [2.75, 3.05) is 30.3 Å². The summed E-state index contributed by atoms with van der Waals surface area (Å²) >= 11 is 0. The summed E-state index contributed by atoms with van der Waals surface area (Å²) in [6, 6.07) is 9.67. The van der Waals surface area contributed by atoms with Crippen molar-refractivity contribution in [2.45, 2.75) is 32.6 Å². The fraction of sp³-hybridized carbons (Fsp3) is 0.588. The molecule has 0 aromatic heterocycles. The van der Waals surface area contributed by atoms with Gasteiger partial charge in [-0.1, -0.05) is 31.5 Å². The molecule has 2 saturated heterocycles. The van der Waals surface area contributed by atoms with Crippen molar-refractivity contribution in [1.82, 2.24) is 4.31 Å². The van der Waals surface area contributed by atoms with Crippen molar-refractivity contribution in [3.8, 4) is 0 Å². The SMILES string of the molecule is CCCCS(=O)(=O)N1CCC2(CC1)CN(c1ccccc1)C2=O. The maximum absolute atomic E-state index is 12.6. The summed E-state index contributed by atoms with van der Waals surface area (Å²) in [6.45, 7) is 3.64. The van der Waals surface area contributed by atoms with E-state index in [1.54, 1.807) is 9.21 Å². The zero-order valence-corrected chi connectivity index (χ0v) is 14.4. The van der Waals surface area contributed by atoms with E-state index in [1.807, 2.05) is 37.3 Å². The van der Waals surface area contributed by atoms with E-state index >= 15 is 0 Å². The van der Waals surface area contributed by atoms with E-state index < -0.39 is 10.0 Å². The lowest BCUT2D eigenvalue weighted by Gasteiger charge is -2.52. The van der Waals surface area contributed by atoms with Gasteiger partial charge < -0.3 is 4.90 Å². The molecule has 2 fully saturated rings. The number of benzene rings is 1. The number of para-hydroxylation sites is 1. The molecule has 5 nitrogen and oxygen atoms in total. The van der Waals surface area contributed by atoms with Crippen LogP contribution in [0.1, 0.15) is 32.6 Å². The summed E-state index contributed by atoms with van der Waals surface area (Å²) in [4.78, 5) is 14.4. The van der Waals surface area contributed by atoms with E-state index in [0.29, 0.717) is 38.9 Å². The van der Waals surface area contributed by atoms with Crippen molar-refractivity contribution >= 4 is 21.6 Å². The molecule has 2 aliphatic heterocycles. The Morgan fingerprint density at radius 3 is 2.35 bits per heavy atom. The highest BCUT2D eigenvalue weighted by molar-refractivity contribution is 7.89. The Morgan fingerprint density at radius 2 is 1.78 bits per heavy atom.